The van der Waals surface area contributed by atoms with E-state index in [0.29, 0.717) is 22.6 Å². The molecule has 0 aliphatic carbocycles. The smallest absolute Gasteiger partial charge is 0.223 e. The second kappa shape index (κ2) is 10.8. The summed E-state index contributed by atoms with van der Waals surface area (Å²) in [4.78, 5) is 12.6. The lowest BCUT2D eigenvalue weighted by molar-refractivity contribution is 0.0800. The van der Waals surface area contributed by atoms with Gasteiger partial charge in [-0.05, 0) is 76.7 Å². The van der Waals surface area contributed by atoms with E-state index in [-0.39, 0.29) is 22.8 Å². The average Bonchev–Trinajstić information content (AvgIpc) is 2.75. The highest BCUT2D eigenvalue weighted by Gasteiger charge is 2.23. The standard InChI is InChI=1S/C22H25F2N5O.CH4O2S/c1-12-8-16(22(2,3)30)15-9-13(10-17(23)20(15)27-12)19-18(24)11-26-21(29-19)28-14-4-6-25-7-5-14;1-4(2)3/h8-11,14,25,30H,4-7H2,1-3H3,(H,26,28,29);1H3,(H,2,3)/p-1. The lowest BCUT2D eigenvalue weighted by atomic mass is 9.92. The van der Waals surface area contributed by atoms with Crippen molar-refractivity contribution >= 4 is 27.9 Å². The highest BCUT2D eigenvalue weighted by atomic mass is 32.2. The number of nitrogens with zero attached hydrogens (tertiary/aromatic N) is 3. The number of nitrogens with one attached hydrogen (secondary N) is 2. The zero-order valence-electron chi connectivity index (χ0n) is 19.5. The number of anilines is 1. The van der Waals surface area contributed by atoms with Gasteiger partial charge in [-0.1, -0.05) is 11.1 Å². The van der Waals surface area contributed by atoms with Crippen LogP contribution in [-0.4, -0.2) is 54.2 Å². The summed E-state index contributed by atoms with van der Waals surface area (Å²) < 4.78 is 47.6. The first-order chi connectivity index (χ1) is 16.0. The van der Waals surface area contributed by atoms with Gasteiger partial charge < -0.3 is 20.3 Å². The number of fused-ring (bicyclic) bond motifs is 1. The van der Waals surface area contributed by atoms with Crippen LogP contribution < -0.4 is 10.6 Å². The normalized spacial score (nSPS) is 15.5. The summed E-state index contributed by atoms with van der Waals surface area (Å²) in [5.41, 5.74) is 0.303. The Kier molecular flexibility index (Phi) is 8.24. The fourth-order valence-electron chi connectivity index (χ4n) is 3.84. The SMILES string of the molecule is CS(=O)[O-].Cc1cc(C(C)(C)O)c2cc(-c3nc(NC4CCNCC4)ncc3F)cc(F)c2n1. The van der Waals surface area contributed by atoms with Crippen LogP contribution in [0.5, 0.6) is 0 Å². The van der Waals surface area contributed by atoms with Crippen molar-refractivity contribution in [1.29, 1.82) is 0 Å². The molecule has 11 heteroatoms. The number of rotatable bonds is 4. The van der Waals surface area contributed by atoms with Crippen LogP contribution in [0.3, 0.4) is 0 Å². The largest absolute Gasteiger partial charge is 0.773 e. The fraction of sp³-hybridized carbons (Fsp3) is 0.435. The van der Waals surface area contributed by atoms with Crippen molar-refractivity contribution in [3.05, 3.63) is 47.3 Å². The summed E-state index contributed by atoms with van der Waals surface area (Å²) in [5.74, 6) is -0.930. The van der Waals surface area contributed by atoms with E-state index in [9.17, 15) is 13.9 Å². The molecule has 3 heterocycles. The van der Waals surface area contributed by atoms with E-state index in [4.69, 9.17) is 8.76 Å². The summed E-state index contributed by atoms with van der Waals surface area (Å²) in [5, 5.41) is 17.5. The van der Waals surface area contributed by atoms with E-state index in [0.717, 1.165) is 38.4 Å². The molecule has 3 N–H and O–H groups in total. The fourth-order valence-corrected chi connectivity index (χ4v) is 3.84. The molecule has 0 bridgehead atoms. The highest BCUT2D eigenvalue weighted by Crippen LogP contribution is 2.33. The molecule has 0 amide bonds. The maximum absolute atomic E-state index is 15.0. The second-order valence-corrected chi connectivity index (χ2v) is 9.49. The van der Waals surface area contributed by atoms with Gasteiger partial charge in [0.15, 0.2) is 5.82 Å². The molecule has 1 aromatic carbocycles. The van der Waals surface area contributed by atoms with Crippen molar-refractivity contribution in [2.75, 3.05) is 24.7 Å². The number of aromatic nitrogens is 3. The summed E-state index contributed by atoms with van der Waals surface area (Å²) in [6, 6.07) is 4.76. The number of hydrogen-bond acceptors (Lipinski definition) is 8. The van der Waals surface area contributed by atoms with Crippen LogP contribution in [0.1, 0.15) is 37.9 Å². The van der Waals surface area contributed by atoms with Crippen molar-refractivity contribution in [2.45, 2.75) is 45.3 Å². The Morgan fingerprint density at radius 3 is 2.44 bits per heavy atom. The molecule has 1 aliphatic heterocycles. The Morgan fingerprint density at radius 2 is 1.82 bits per heavy atom. The third kappa shape index (κ3) is 6.50. The molecule has 0 spiro atoms. The maximum Gasteiger partial charge on any atom is 0.223 e. The molecule has 4 rings (SSSR count). The van der Waals surface area contributed by atoms with Crippen molar-refractivity contribution < 1.29 is 22.6 Å². The Labute approximate surface area is 199 Å². The molecule has 1 unspecified atom stereocenters. The monoisotopic (exact) mass is 492 g/mol. The van der Waals surface area contributed by atoms with Gasteiger partial charge in [0, 0.05) is 22.7 Å². The first kappa shape index (κ1) is 26.0. The van der Waals surface area contributed by atoms with Crippen LogP contribution in [0.25, 0.3) is 22.2 Å². The number of hydrogen-bond donors (Lipinski definition) is 3. The van der Waals surface area contributed by atoms with E-state index in [2.05, 4.69) is 25.6 Å². The van der Waals surface area contributed by atoms with Gasteiger partial charge in [-0.2, -0.15) is 0 Å². The molecule has 0 radical (unpaired) electrons. The van der Waals surface area contributed by atoms with Crippen molar-refractivity contribution in [2.24, 2.45) is 0 Å². The molecular weight excluding hydrogens is 464 g/mol. The lowest BCUT2D eigenvalue weighted by Gasteiger charge is -2.23. The summed E-state index contributed by atoms with van der Waals surface area (Å²) in [6.45, 7) is 6.78. The van der Waals surface area contributed by atoms with E-state index in [1.54, 1.807) is 32.9 Å². The Morgan fingerprint density at radius 1 is 1.18 bits per heavy atom. The molecule has 184 valence electrons. The molecule has 2 aromatic heterocycles. The first-order valence-electron chi connectivity index (χ1n) is 10.8. The van der Waals surface area contributed by atoms with Crippen LogP contribution in [0, 0.1) is 18.6 Å². The zero-order chi connectivity index (χ0) is 25.0. The molecule has 3 aromatic rings. The highest BCUT2D eigenvalue weighted by molar-refractivity contribution is 7.78. The molecule has 1 aliphatic rings. The van der Waals surface area contributed by atoms with Crippen LogP contribution in [0.2, 0.25) is 0 Å². The Balaban J connectivity index is 0.000000751. The quantitative estimate of drug-likeness (QED) is 0.475. The Bertz CT molecular complexity index is 1190. The summed E-state index contributed by atoms with van der Waals surface area (Å²) in [6.07, 6.45) is 4.01. The number of piperidine rings is 1. The predicted octanol–water partition coefficient (Wildman–Crippen LogP) is 3.17. The number of aryl methyl sites for hydroxylation is 1. The second-order valence-electron chi connectivity index (χ2n) is 8.68. The molecule has 8 nitrogen and oxygen atoms in total. The zero-order valence-corrected chi connectivity index (χ0v) is 20.3. The minimum Gasteiger partial charge on any atom is -0.773 e. The van der Waals surface area contributed by atoms with E-state index in [1.807, 2.05) is 0 Å². The van der Waals surface area contributed by atoms with Gasteiger partial charge in [-0.25, -0.2) is 18.7 Å². The molecule has 1 fully saturated rings. The van der Waals surface area contributed by atoms with Gasteiger partial charge in [0.1, 0.15) is 17.0 Å². The van der Waals surface area contributed by atoms with Gasteiger partial charge in [0.25, 0.3) is 0 Å². The van der Waals surface area contributed by atoms with Crippen molar-refractivity contribution in [3.63, 3.8) is 0 Å². The van der Waals surface area contributed by atoms with Crippen LogP contribution in [-0.2, 0) is 16.7 Å². The Hall–Kier alpha value is -2.60. The van der Waals surface area contributed by atoms with E-state index in [1.165, 1.54) is 6.07 Å². The minimum absolute atomic E-state index is 0.00417. The van der Waals surface area contributed by atoms with Crippen LogP contribution >= 0.6 is 0 Å². The number of halogens is 2. The summed E-state index contributed by atoms with van der Waals surface area (Å²) in [7, 11) is 0. The molecule has 0 saturated carbocycles. The topological polar surface area (TPSA) is 123 Å². The van der Waals surface area contributed by atoms with Gasteiger partial charge in [-0.15, -0.1) is 0 Å². The lowest BCUT2D eigenvalue weighted by Crippen LogP contribution is -2.35. The average molecular weight is 493 g/mol. The molecule has 1 saturated heterocycles. The number of pyridine rings is 1. The van der Waals surface area contributed by atoms with E-state index < -0.39 is 28.3 Å². The van der Waals surface area contributed by atoms with Gasteiger partial charge in [0.2, 0.25) is 5.95 Å². The van der Waals surface area contributed by atoms with E-state index >= 15 is 0 Å². The third-order valence-electron chi connectivity index (χ3n) is 5.34. The van der Waals surface area contributed by atoms with Crippen molar-refractivity contribution in [3.8, 4) is 11.3 Å². The minimum atomic E-state index is -1.86. The predicted molar refractivity (Wildman–Crippen MR) is 127 cm³/mol. The van der Waals surface area contributed by atoms with Crippen molar-refractivity contribution in [1.82, 2.24) is 20.3 Å². The number of aliphatic hydroxyl groups is 1. The van der Waals surface area contributed by atoms with Gasteiger partial charge in [0.05, 0.1) is 11.8 Å². The maximum atomic E-state index is 15.0. The van der Waals surface area contributed by atoms with Crippen LogP contribution in [0.15, 0.2) is 24.4 Å². The van der Waals surface area contributed by atoms with Gasteiger partial charge >= 0.3 is 0 Å². The van der Waals surface area contributed by atoms with Crippen LogP contribution in [0.4, 0.5) is 14.7 Å². The van der Waals surface area contributed by atoms with Gasteiger partial charge in [-0.3, -0.25) is 9.19 Å². The third-order valence-corrected chi connectivity index (χ3v) is 5.34. The summed E-state index contributed by atoms with van der Waals surface area (Å²) >= 11 is -1.86. The first-order valence-corrected chi connectivity index (χ1v) is 12.3. The molecule has 1 atom stereocenters. The molecular formula is C23H28F2N5O3S-. The molecule has 34 heavy (non-hydrogen) atoms. The number of benzene rings is 1.